The molecule has 2 aromatic rings. The zero-order chi connectivity index (χ0) is 21.7. The lowest BCUT2D eigenvalue weighted by molar-refractivity contribution is -0.138. The number of esters is 1. The van der Waals surface area contributed by atoms with E-state index in [1.807, 2.05) is 18.2 Å². The normalized spacial score (nSPS) is 16.2. The van der Waals surface area contributed by atoms with E-state index in [-0.39, 0.29) is 29.4 Å². The second-order valence-corrected chi connectivity index (χ2v) is 7.11. The molecule has 2 N–H and O–H groups in total. The van der Waals surface area contributed by atoms with Crippen molar-refractivity contribution in [1.82, 2.24) is 0 Å². The van der Waals surface area contributed by atoms with Crippen LogP contribution in [0.2, 0.25) is 0 Å². The average molecular weight is 427 g/mol. The summed E-state index contributed by atoms with van der Waals surface area (Å²) in [6.45, 7) is 1.86. The third-order valence-electron chi connectivity index (χ3n) is 4.14. The van der Waals surface area contributed by atoms with E-state index in [1.54, 1.807) is 31.2 Å². The van der Waals surface area contributed by atoms with Crippen molar-refractivity contribution in [3.63, 3.8) is 0 Å². The molecule has 0 bridgehead atoms. The van der Waals surface area contributed by atoms with Gasteiger partial charge in [0, 0.05) is 0 Å². The molecule has 2 aromatic carbocycles. The van der Waals surface area contributed by atoms with Gasteiger partial charge in [-0.05, 0) is 42.8 Å². The number of ether oxygens (including phenoxy) is 3. The molecule has 0 atom stereocenters. The summed E-state index contributed by atoms with van der Waals surface area (Å²) in [6.07, 6.45) is 1.62. The fourth-order valence-corrected chi connectivity index (χ4v) is 3.85. The topological polar surface area (TPSA) is 97.6 Å². The number of nitrogens with zero attached hydrogens (tertiary/aromatic N) is 1. The van der Waals surface area contributed by atoms with Gasteiger partial charge in [-0.2, -0.15) is 0 Å². The monoisotopic (exact) mass is 427 g/mol. The average Bonchev–Trinajstić information content (AvgIpc) is 3.03. The van der Waals surface area contributed by atoms with E-state index in [9.17, 15) is 15.0 Å². The molecule has 156 valence electrons. The molecular weight excluding hydrogens is 406 g/mol. The van der Waals surface area contributed by atoms with Crippen LogP contribution in [0.1, 0.15) is 12.5 Å². The zero-order valence-corrected chi connectivity index (χ0v) is 17.5. The molecule has 7 nitrogen and oxygen atoms in total. The highest BCUT2D eigenvalue weighted by Gasteiger charge is 2.33. The molecule has 0 aliphatic carbocycles. The fraction of sp³-hybridized carbons (Fsp3) is 0.182. The maximum atomic E-state index is 12.5. The Kier molecular flexibility index (Phi) is 6.68. The lowest BCUT2D eigenvalue weighted by Crippen LogP contribution is -2.12. The highest BCUT2D eigenvalue weighted by Crippen LogP contribution is 2.42. The van der Waals surface area contributed by atoms with Gasteiger partial charge in [0.1, 0.15) is 16.4 Å². The Morgan fingerprint density at radius 2 is 1.87 bits per heavy atom. The molecule has 0 saturated heterocycles. The number of phenolic OH excluding ortho intramolecular Hbond substituents is 1. The van der Waals surface area contributed by atoms with E-state index < -0.39 is 5.97 Å². The molecule has 0 aromatic heterocycles. The predicted octanol–water partition coefficient (Wildman–Crippen LogP) is 4.60. The van der Waals surface area contributed by atoms with E-state index in [2.05, 4.69) is 4.99 Å². The van der Waals surface area contributed by atoms with Gasteiger partial charge in [0.05, 0.1) is 31.4 Å². The SMILES string of the molecule is CCOC(=O)C1=C(O)C(=Cc2cc(O)c(OC)c(OC)c2)SC1=Nc1ccccc1. The molecule has 0 spiro atoms. The molecule has 0 unspecified atom stereocenters. The van der Waals surface area contributed by atoms with Crippen molar-refractivity contribution < 1.29 is 29.2 Å². The molecule has 3 rings (SSSR count). The largest absolute Gasteiger partial charge is 0.506 e. The van der Waals surface area contributed by atoms with Gasteiger partial charge < -0.3 is 24.4 Å². The van der Waals surface area contributed by atoms with Crippen molar-refractivity contribution in [3.8, 4) is 17.2 Å². The first-order valence-corrected chi connectivity index (χ1v) is 9.89. The van der Waals surface area contributed by atoms with Crippen LogP contribution in [0.5, 0.6) is 17.2 Å². The molecule has 30 heavy (non-hydrogen) atoms. The fourth-order valence-electron chi connectivity index (χ4n) is 2.81. The number of aliphatic hydroxyl groups excluding tert-OH is 1. The highest BCUT2D eigenvalue weighted by atomic mass is 32.2. The number of methoxy groups -OCH3 is 2. The van der Waals surface area contributed by atoms with Crippen molar-refractivity contribution in [2.24, 2.45) is 4.99 Å². The predicted molar refractivity (Wildman–Crippen MR) is 117 cm³/mol. The Bertz CT molecular complexity index is 1040. The Morgan fingerprint density at radius 1 is 1.13 bits per heavy atom. The maximum Gasteiger partial charge on any atom is 0.344 e. The smallest absolute Gasteiger partial charge is 0.344 e. The molecule has 0 radical (unpaired) electrons. The number of benzene rings is 2. The third kappa shape index (κ3) is 4.44. The molecule has 1 aliphatic rings. The number of para-hydroxylation sites is 1. The van der Waals surface area contributed by atoms with Gasteiger partial charge >= 0.3 is 5.97 Å². The van der Waals surface area contributed by atoms with Crippen LogP contribution in [0.25, 0.3) is 6.08 Å². The number of rotatable bonds is 6. The first-order chi connectivity index (χ1) is 14.5. The summed E-state index contributed by atoms with van der Waals surface area (Å²) in [5, 5.41) is 21.3. The number of aromatic hydroxyl groups is 1. The van der Waals surface area contributed by atoms with Crippen LogP contribution in [0, 0.1) is 0 Å². The summed E-state index contributed by atoms with van der Waals surface area (Å²) in [6, 6.07) is 12.2. The minimum atomic E-state index is -0.657. The molecule has 1 heterocycles. The summed E-state index contributed by atoms with van der Waals surface area (Å²) < 4.78 is 15.5. The van der Waals surface area contributed by atoms with E-state index in [0.717, 1.165) is 11.8 Å². The molecule has 8 heteroatoms. The second-order valence-electron chi connectivity index (χ2n) is 6.08. The highest BCUT2D eigenvalue weighted by molar-refractivity contribution is 8.18. The van der Waals surface area contributed by atoms with Crippen molar-refractivity contribution in [2.75, 3.05) is 20.8 Å². The molecular formula is C22H21NO6S. The Hall–Kier alpha value is -3.39. The minimum absolute atomic E-state index is 0.00153. The maximum absolute atomic E-state index is 12.5. The number of carbonyl (C=O) groups is 1. The van der Waals surface area contributed by atoms with E-state index >= 15 is 0 Å². The molecule has 1 aliphatic heterocycles. The quantitative estimate of drug-likeness (QED) is 0.650. The summed E-state index contributed by atoms with van der Waals surface area (Å²) in [7, 11) is 2.88. The van der Waals surface area contributed by atoms with Crippen LogP contribution in [-0.2, 0) is 9.53 Å². The van der Waals surface area contributed by atoms with Gasteiger partial charge in [-0.3, -0.25) is 0 Å². The summed E-state index contributed by atoms with van der Waals surface area (Å²) in [5.41, 5.74) is 1.18. The van der Waals surface area contributed by atoms with Gasteiger partial charge in [-0.15, -0.1) is 0 Å². The molecule has 0 saturated carbocycles. The second kappa shape index (κ2) is 9.41. The van der Waals surface area contributed by atoms with Gasteiger partial charge in [0.25, 0.3) is 0 Å². The lowest BCUT2D eigenvalue weighted by atomic mass is 10.1. The van der Waals surface area contributed by atoms with E-state index in [1.165, 1.54) is 20.3 Å². The van der Waals surface area contributed by atoms with Gasteiger partial charge in [0.2, 0.25) is 5.75 Å². The Balaban J connectivity index is 2.07. The number of hydrogen-bond donors (Lipinski definition) is 2. The number of aliphatic hydroxyl groups is 1. The molecule has 0 fully saturated rings. The van der Waals surface area contributed by atoms with Crippen LogP contribution in [-0.4, -0.2) is 42.1 Å². The summed E-state index contributed by atoms with van der Waals surface area (Å²) >= 11 is 1.13. The zero-order valence-electron chi connectivity index (χ0n) is 16.7. The number of aliphatic imine (C=N–C) groups is 1. The van der Waals surface area contributed by atoms with Crippen LogP contribution >= 0.6 is 11.8 Å². The van der Waals surface area contributed by atoms with Crippen molar-refractivity contribution in [3.05, 3.63) is 64.3 Å². The first kappa shape index (κ1) is 21.3. The van der Waals surface area contributed by atoms with Gasteiger partial charge in [-0.1, -0.05) is 30.0 Å². The number of carbonyl (C=O) groups excluding carboxylic acids is 1. The first-order valence-electron chi connectivity index (χ1n) is 9.07. The summed E-state index contributed by atoms with van der Waals surface area (Å²) in [5.74, 6) is -0.464. The van der Waals surface area contributed by atoms with Gasteiger partial charge in [0.15, 0.2) is 11.5 Å². The van der Waals surface area contributed by atoms with Gasteiger partial charge in [-0.25, -0.2) is 9.79 Å². The number of phenols is 1. The minimum Gasteiger partial charge on any atom is -0.506 e. The van der Waals surface area contributed by atoms with Crippen LogP contribution in [0.15, 0.2) is 63.7 Å². The molecule has 0 amide bonds. The third-order valence-corrected chi connectivity index (χ3v) is 5.16. The summed E-state index contributed by atoms with van der Waals surface area (Å²) in [4.78, 5) is 17.3. The lowest BCUT2D eigenvalue weighted by Gasteiger charge is -2.10. The number of thioether (sulfide) groups is 1. The van der Waals surface area contributed by atoms with Crippen LogP contribution < -0.4 is 9.47 Å². The standard InChI is InChI=1S/C22H21NO6S/c1-4-29-22(26)18-19(25)17(30-21(18)23-14-8-6-5-7-9-14)12-13-10-15(24)20(28-3)16(11-13)27-2/h5-12,24-25H,4H2,1-3H3. The van der Waals surface area contributed by atoms with E-state index in [4.69, 9.17) is 14.2 Å². The number of hydrogen-bond acceptors (Lipinski definition) is 8. The van der Waals surface area contributed by atoms with Crippen molar-refractivity contribution >= 4 is 34.5 Å². The van der Waals surface area contributed by atoms with Crippen LogP contribution in [0.4, 0.5) is 5.69 Å². The van der Waals surface area contributed by atoms with E-state index in [0.29, 0.717) is 26.9 Å². The Morgan fingerprint density at radius 3 is 2.50 bits per heavy atom. The van der Waals surface area contributed by atoms with Crippen LogP contribution in [0.3, 0.4) is 0 Å². The van der Waals surface area contributed by atoms with Crippen molar-refractivity contribution in [2.45, 2.75) is 6.92 Å². The Labute approximate surface area is 178 Å². The van der Waals surface area contributed by atoms with Crippen molar-refractivity contribution in [1.29, 1.82) is 0 Å².